The molecule has 7 nitrogen and oxygen atoms in total. The lowest BCUT2D eigenvalue weighted by atomic mass is 9.70. The highest BCUT2D eigenvalue weighted by Gasteiger charge is 2.44. The molecule has 0 spiro atoms. The Balaban J connectivity index is 2.31. The Kier molecular flexibility index (Phi) is 4.99. The number of allylic oxidation sites excluding steroid dienone is 3. The average molecular weight is 384 g/mol. The van der Waals surface area contributed by atoms with E-state index in [1.165, 1.54) is 21.3 Å². The second kappa shape index (κ2) is 7.12. The van der Waals surface area contributed by atoms with Crippen LogP contribution in [0.5, 0.6) is 17.2 Å². The molecule has 0 saturated carbocycles. The zero-order chi connectivity index (χ0) is 20.6. The maximum Gasteiger partial charge on any atom is 0.205 e. The second-order valence-corrected chi connectivity index (χ2v) is 7.65. The summed E-state index contributed by atoms with van der Waals surface area (Å²) in [7, 11) is 4.56. The molecule has 1 aromatic rings. The molecule has 1 aliphatic carbocycles. The number of carbonyl (C=O) groups excluding carboxylic acids is 1. The highest BCUT2D eigenvalue weighted by molar-refractivity contribution is 6.00. The lowest BCUT2D eigenvalue weighted by Crippen LogP contribution is -2.33. The van der Waals surface area contributed by atoms with E-state index in [1.54, 1.807) is 12.1 Å². The summed E-state index contributed by atoms with van der Waals surface area (Å²) in [5.41, 5.74) is 6.98. The summed E-state index contributed by atoms with van der Waals surface area (Å²) in [6, 6.07) is 5.49. The van der Waals surface area contributed by atoms with Crippen molar-refractivity contribution < 1.29 is 23.7 Å². The van der Waals surface area contributed by atoms with Crippen molar-refractivity contribution >= 4 is 5.78 Å². The molecule has 3 rings (SSSR count). The zero-order valence-corrected chi connectivity index (χ0v) is 16.7. The van der Waals surface area contributed by atoms with Gasteiger partial charge in [0.2, 0.25) is 5.88 Å². The van der Waals surface area contributed by atoms with Gasteiger partial charge in [-0.05, 0) is 5.41 Å². The van der Waals surface area contributed by atoms with Crippen molar-refractivity contribution in [2.45, 2.75) is 32.6 Å². The average Bonchev–Trinajstić information content (AvgIpc) is 2.64. The summed E-state index contributed by atoms with van der Waals surface area (Å²) in [5.74, 6) is 1.11. The smallest absolute Gasteiger partial charge is 0.205 e. The highest BCUT2D eigenvalue weighted by Crippen LogP contribution is 2.52. The number of rotatable bonds is 4. The number of methoxy groups -OCH3 is 3. The molecular formula is C21H24N2O5. The van der Waals surface area contributed by atoms with Crippen LogP contribution in [-0.4, -0.2) is 27.1 Å². The molecule has 2 aliphatic rings. The standard InChI is InChI=1S/C21H24N2O5/c1-21(2)8-13(24)18-16(9-21)28-20(23)12(10-22)17(18)19-14(26-4)6-11(25-3)7-15(19)27-5/h6-7,17H,8-9,23H2,1-5H3/t17-/m0/s1. The molecule has 1 aliphatic heterocycles. The highest BCUT2D eigenvalue weighted by atomic mass is 16.5. The molecule has 28 heavy (non-hydrogen) atoms. The number of nitrogens with two attached hydrogens (primary N) is 1. The van der Waals surface area contributed by atoms with Crippen LogP contribution in [0, 0.1) is 16.7 Å². The van der Waals surface area contributed by atoms with Crippen molar-refractivity contribution in [2.24, 2.45) is 11.1 Å². The first-order chi connectivity index (χ1) is 13.3. The number of nitriles is 1. The van der Waals surface area contributed by atoms with Gasteiger partial charge in [0.05, 0.1) is 27.2 Å². The first kappa shape index (κ1) is 19.6. The van der Waals surface area contributed by atoms with Gasteiger partial charge in [-0.25, -0.2) is 0 Å². The molecule has 2 N–H and O–H groups in total. The van der Waals surface area contributed by atoms with Crippen LogP contribution in [0.2, 0.25) is 0 Å². The van der Waals surface area contributed by atoms with Gasteiger partial charge in [0.1, 0.15) is 34.7 Å². The maximum atomic E-state index is 13.1. The van der Waals surface area contributed by atoms with Gasteiger partial charge in [-0.1, -0.05) is 13.8 Å². The van der Waals surface area contributed by atoms with Gasteiger partial charge in [-0.15, -0.1) is 0 Å². The Morgan fingerprint density at radius 2 is 1.75 bits per heavy atom. The summed E-state index contributed by atoms with van der Waals surface area (Å²) < 4.78 is 22.2. The van der Waals surface area contributed by atoms with Gasteiger partial charge < -0.3 is 24.7 Å². The number of benzene rings is 1. The lowest BCUT2D eigenvalue weighted by molar-refractivity contribution is -0.119. The zero-order valence-electron chi connectivity index (χ0n) is 16.7. The maximum absolute atomic E-state index is 13.1. The topological polar surface area (TPSA) is 104 Å². The summed E-state index contributed by atoms with van der Waals surface area (Å²) in [6.45, 7) is 4.00. The van der Waals surface area contributed by atoms with Crippen LogP contribution >= 0.6 is 0 Å². The van der Waals surface area contributed by atoms with Crippen molar-refractivity contribution in [1.29, 1.82) is 5.26 Å². The van der Waals surface area contributed by atoms with Crippen molar-refractivity contribution in [2.75, 3.05) is 21.3 Å². The van der Waals surface area contributed by atoms with Gasteiger partial charge >= 0.3 is 0 Å². The molecule has 0 bridgehead atoms. The van der Waals surface area contributed by atoms with Crippen molar-refractivity contribution in [3.8, 4) is 23.3 Å². The normalized spacial score (nSPS) is 20.9. The minimum Gasteiger partial charge on any atom is -0.496 e. The Hall–Kier alpha value is -3.14. The molecule has 7 heteroatoms. The van der Waals surface area contributed by atoms with E-state index in [2.05, 4.69) is 6.07 Å². The Morgan fingerprint density at radius 3 is 2.25 bits per heavy atom. The van der Waals surface area contributed by atoms with Gasteiger partial charge in [0.25, 0.3) is 0 Å². The minimum absolute atomic E-state index is 0.00308. The second-order valence-electron chi connectivity index (χ2n) is 7.65. The summed E-state index contributed by atoms with van der Waals surface area (Å²) in [6.07, 6.45) is 0.899. The first-order valence-electron chi connectivity index (χ1n) is 8.90. The third kappa shape index (κ3) is 3.15. The van der Waals surface area contributed by atoms with Gasteiger partial charge in [-0.2, -0.15) is 5.26 Å². The number of nitrogens with zero attached hydrogens (tertiary/aromatic N) is 1. The quantitative estimate of drug-likeness (QED) is 0.850. The van der Waals surface area contributed by atoms with E-state index in [0.29, 0.717) is 47.0 Å². The summed E-state index contributed by atoms with van der Waals surface area (Å²) in [4.78, 5) is 13.1. The van der Waals surface area contributed by atoms with Gasteiger partial charge in [0.15, 0.2) is 5.78 Å². The predicted octanol–water partition coefficient (Wildman–Crippen LogP) is 3.16. The lowest BCUT2D eigenvalue weighted by Gasteiger charge is -2.37. The molecule has 0 unspecified atom stereocenters. The monoisotopic (exact) mass is 384 g/mol. The van der Waals surface area contributed by atoms with Crippen LogP contribution in [0.15, 0.2) is 34.9 Å². The van der Waals surface area contributed by atoms with Crippen LogP contribution in [0.4, 0.5) is 0 Å². The third-order valence-electron chi connectivity index (χ3n) is 5.12. The number of hydrogen-bond donors (Lipinski definition) is 1. The molecule has 0 aromatic heterocycles. The third-order valence-corrected chi connectivity index (χ3v) is 5.12. The Labute approximate surface area is 164 Å². The largest absolute Gasteiger partial charge is 0.496 e. The number of ketones is 1. The SMILES string of the molecule is COc1cc(OC)c([C@H]2C(C#N)=C(N)OC3=C2C(=O)CC(C)(C)C3)c(OC)c1. The molecule has 0 amide bonds. The van der Waals surface area contributed by atoms with Crippen LogP contribution in [0.1, 0.15) is 38.2 Å². The fourth-order valence-electron chi connectivity index (χ4n) is 3.89. The van der Waals surface area contributed by atoms with E-state index in [0.717, 1.165) is 0 Å². The van der Waals surface area contributed by atoms with Gasteiger partial charge in [0, 0.05) is 36.1 Å². The van der Waals surface area contributed by atoms with Crippen molar-refractivity contribution in [3.05, 3.63) is 40.5 Å². The Bertz CT molecular complexity index is 912. The molecule has 0 fully saturated rings. The fourth-order valence-corrected chi connectivity index (χ4v) is 3.89. The van der Waals surface area contributed by atoms with Crippen molar-refractivity contribution in [3.63, 3.8) is 0 Å². The van der Waals surface area contributed by atoms with E-state index in [1.807, 2.05) is 13.8 Å². The molecule has 1 atom stereocenters. The Morgan fingerprint density at radius 1 is 1.14 bits per heavy atom. The molecular weight excluding hydrogens is 360 g/mol. The van der Waals surface area contributed by atoms with E-state index < -0.39 is 5.92 Å². The van der Waals surface area contributed by atoms with E-state index in [9.17, 15) is 10.1 Å². The van der Waals surface area contributed by atoms with E-state index in [4.69, 9.17) is 24.7 Å². The van der Waals surface area contributed by atoms with Crippen molar-refractivity contribution in [1.82, 2.24) is 0 Å². The van der Waals surface area contributed by atoms with Crippen LogP contribution in [0.3, 0.4) is 0 Å². The fraction of sp³-hybridized carbons (Fsp3) is 0.429. The van der Waals surface area contributed by atoms with Crippen LogP contribution < -0.4 is 19.9 Å². The first-order valence-corrected chi connectivity index (χ1v) is 8.90. The predicted molar refractivity (Wildman–Crippen MR) is 102 cm³/mol. The molecule has 148 valence electrons. The number of ether oxygens (including phenoxy) is 4. The number of Topliss-reactive ketones (excluding diaryl/α,β-unsaturated/α-hetero) is 1. The summed E-state index contributed by atoms with van der Waals surface area (Å²) >= 11 is 0. The molecule has 0 radical (unpaired) electrons. The number of carbonyl (C=O) groups is 1. The number of hydrogen-bond acceptors (Lipinski definition) is 7. The molecule has 1 aromatic carbocycles. The molecule has 0 saturated heterocycles. The van der Waals surface area contributed by atoms with E-state index >= 15 is 0 Å². The van der Waals surface area contributed by atoms with Gasteiger partial charge in [-0.3, -0.25) is 4.79 Å². The van der Waals surface area contributed by atoms with Crippen LogP contribution in [-0.2, 0) is 9.53 Å². The van der Waals surface area contributed by atoms with Crippen LogP contribution in [0.25, 0.3) is 0 Å². The summed E-state index contributed by atoms with van der Waals surface area (Å²) in [5, 5.41) is 9.79. The molecule has 1 heterocycles. The van der Waals surface area contributed by atoms with E-state index in [-0.39, 0.29) is 22.7 Å². The minimum atomic E-state index is -0.729.